The van der Waals surface area contributed by atoms with E-state index < -0.39 is 15.4 Å². The summed E-state index contributed by atoms with van der Waals surface area (Å²) < 4.78 is 5.23. The van der Waals surface area contributed by atoms with E-state index in [-0.39, 0.29) is 11.4 Å². The highest BCUT2D eigenvalue weighted by molar-refractivity contribution is 5.49. The van der Waals surface area contributed by atoms with E-state index >= 15 is 0 Å². The number of nitro groups is 2. The van der Waals surface area contributed by atoms with Crippen molar-refractivity contribution >= 4 is 11.4 Å². The zero-order valence-corrected chi connectivity index (χ0v) is 10.8. The summed E-state index contributed by atoms with van der Waals surface area (Å²) in [4.78, 5) is 20.5. The van der Waals surface area contributed by atoms with E-state index in [4.69, 9.17) is 10.5 Å². The van der Waals surface area contributed by atoms with Crippen molar-refractivity contribution in [3.63, 3.8) is 0 Å². The molecule has 0 unspecified atom stereocenters. The minimum Gasteiger partial charge on any atom is -0.381 e. The molecule has 1 heterocycles. The van der Waals surface area contributed by atoms with E-state index in [9.17, 15) is 20.2 Å². The van der Waals surface area contributed by atoms with Crippen LogP contribution in [0.1, 0.15) is 18.4 Å². The van der Waals surface area contributed by atoms with Gasteiger partial charge in [0.15, 0.2) is 0 Å². The van der Waals surface area contributed by atoms with Crippen LogP contribution >= 0.6 is 0 Å². The number of nitro benzene ring substituents is 2. The Bertz CT molecular complexity index is 540. The fraction of sp³-hybridized carbons (Fsp3) is 0.500. The number of nitrogens with zero attached hydrogens (tertiary/aromatic N) is 2. The summed E-state index contributed by atoms with van der Waals surface area (Å²) in [6.07, 6.45) is 1.53. The number of hydrogen-bond acceptors (Lipinski definition) is 6. The SMILES string of the molecule is NC1(Cc2ccc([N+](=O)[O-])cc2[N+](=O)[O-])CCOCC1. The molecule has 1 fully saturated rings. The van der Waals surface area contributed by atoms with Crippen LogP contribution in [-0.2, 0) is 11.2 Å². The average molecular weight is 281 g/mol. The maximum absolute atomic E-state index is 11.1. The molecule has 1 aromatic rings. The lowest BCUT2D eigenvalue weighted by atomic mass is 9.84. The molecule has 8 heteroatoms. The van der Waals surface area contributed by atoms with Gasteiger partial charge in [0.05, 0.1) is 15.9 Å². The monoisotopic (exact) mass is 281 g/mol. The summed E-state index contributed by atoms with van der Waals surface area (Å²) in [6.45, 7) is 1.05. The highest BCUT2D eigenvalue weighted by Gasteiger charge is 2.31. The number of non-ortho nitro benzene ring substituents is 1. The van der Waals surface area contributed by atoms with Crippen molar-refractivity contribution < 1.29 is 14.6 Å². The van der Waals surface area contributed by atoms with E-state index in [1.54, 1.807) is 0 Å². The van der Waals surface area contributed by atoms with Gasteiger partial charge in [0, 0.05) is 30.4 Å². The number of ether oxygens (including phenoxy) is 1. The standard InChI is InChI=1S/C12H15N3O5/c13-12(3-5-20-6-4-12)8-9-1-2-10(14(16)17)7-11(9)15(18)19/h1-2,7H,3-6,8,13H2. The first kappa shape index (κ1) is 14.4. The van der Waals surface area contributed by atoms with Gasteiger partial charge in [-0.1, -0.05) is 0 Å². The molecule has 0 bridgehead atoms. The van der Waals surface area contributed by atoms with Gasteiger partial charge in [-0.2, -0.15) is 0 Å². The number of hydrogen-bond donors (Lipinski definition) is 1. The van der Waals surface area contributed by atoms with Crippen molar-refractivity contribution in [2.45, 2.75) is 24.8 Å². The minimum absolute atomic E-state index is 0.254. The number of nitrogens with two attached hydrogens (primary N) is 1. The molecule has 20 heavy (non-hydrogen) atoms. The van der Waals surface area contributed by atoms with Gasteiger partial charge in [0.25, 0.3) is 11.4 Å². The molecule has 0 saturated carbocycles. The van der Waals surface area contributed by atoms with E-state index in [1.807, 2.05) is 0 Å². The summed E-state index contributed by atoms with van der Waals surface area (Å²) in [6, 6.07) is 3.67. The molecule has 0 atom stereocenters. The molecule has 0 radical (unpaired) electrons. The third-order valence-electron chi connectivity index (χ3n) is 3.51. The third kappa shape index (κ3) is 3.09. The lowest BCUT2D eigenvalue weighted by Gasteiger charge is -2.33. The van der Waals surface area contributed by atoms with Crippen molar-refractivity contribution in [2.75, 3.05) is 13.2 Å². The fourth-order valence-electron chi connectivity index (χ4n) is 2.32. The smallest absolute Gasteiger partial charge is 0.279 e. The Morgan fingerprint density at radius 3 is 2.40 bits per heavy atom. The topological polar surface area (TPSA) is 122 Å². The Labute approximate surface area is 114 Å². The van der Waals surface area contributed by atoms with Gasteiger partial charge in [-0.05, 0) is 25.3 Å². The van der Waals surface area contributed by atoms with E-state index in [1.165, 1.54) is 12.1 Å². The molecular formula is C12H15N3O5. The second kappa shape index (κ2) is 5.51. The first-order chi connectivity index (χ1) is 9.41. The summed E-state index contributed by atoms with van der Waals surface area (Å²) >= 11 is 0. The van der Waals surface area contributed by atoms with Gasteiger partial charge in [-0.15, -0.1) is 0 Å². The van der Waals surface area contributed by atoms with Gasteiger partial charge in [-0.3, -0.25) is 20.2 Å². The number of benzene rings is 1. The molecule has 1 aliphatic heterocycles. The molecule has 1 aliphatic rings. The van der Waals surface area contributed by atoms with E-state index in [0.717, 1.165) is 6.07 Å². The molecule has 8 nitrogen and oxygen atoms in total. The Balaban J connectivity index is 2.31. The molecule has 0 spiro atoms. The third-order valence-corrected chi connectivity index (χ3v) is 3.51. The summed E-state index contributed by atoms with van der Waals surface area (Å²) in [7, 11) is 0. The molecule has 0 amide bonds. The number of rotatable bonds is 4. The minimum atomic E-state index is -0.649. The maximum Gasteiger partial charge on any atom is 0.279 e. The first-order valence-corrected chi connectivity index (χ1v) is 6.20. The van der Waals surface area contributed by atoms with Gasteiger partial charge in [0.1, 0.15) is 0 Å². The molecule has 1 saturated heterocycles. The van der Waals surface area contributed by atoms with Crippen molar-refractivity contribution in [3.05, 3.63) is 44.0 Å². The lowest BCUT2D eigenvalue weighted by molar-refractivity contribution is -0.394. The van der Waals surface area contributed by atoms with Crippen LogP contribution in [0.25, 0.3) is 0 Å². The normalized spacial score (nSPS) is 17.6. The molecule has 108 valence electrons. The van der Waals surface area contributed by atoms with Crippen LogP contribution in [0.3, 0.4) is 0 Å². The summed E-state index contributed by atoms with van der Waals surface area (Å²) in [5.74, 6) is 0. The zero-order valence-electron chi connectivity index (χ0n) is 10.8. The van der Waals surface area contributed by atoms with Crippen molar-refractivity contribution in [3.8, 4) is 0 Å². The molecule has 0 aliphatic carbocycles. The van der Waals surface area contributed by atoms with Crippen LogP contribution in [0, 0.1) is 20.2 Å². The van der Waals surface area contributed by atoms with E-state index in [2.05, 4.69) is 0 Å². The van der Waals surface area contributed by atoms with Crippen LogP contribution in [0.2, 0.25) is 0 Å². The van der Waals surface area contributed by atoms with Gasteiger partial charge in [-0.25, -0.2) is 0 Å². The highest BCUT2D eigenvalue weighted by atomic mass is 16.6. The van der Waals surface area contributed by atoms with Crippen LogP contribution < -0.4 is 5.73 Å². The summed E-state index contributed by atoms with van der Waals surface area (Å²) in [5, 5.41) is 21.7. The Kier molecular flexibility index (Phi) is 3.96. The predicted octanol–water partition coefficient (Wildman–Crippen LogP) is 1.55. The second-order valence-corrected chi connectivity index (χ2v) is 4.98. The molecule has 2 N–H and O–H groups in total. The van der Waals surface area contributed by atoms with Crippen LogP contribution in [-0.4, -0.2) is 28.6 Å². The average Bonchev–Trinajstić information content (AvgIpc) is 2.39. The van der Waals surface area contributed by atoms with Crippen molar-refractivity contribution in [1.82, 2.24) is 0 Å². The van der Waals surface area contributed by atoms with Gasteiger partial charge >= 0.3 is 0 Å². The van der Waals surface area contributed by atoms with Crippen molar-refractivity contribution in [1.29, 1.82) is 0 Å². The van der Waals surface area contributed by atoms with Crippen LogP contribution in [0.15, 0.2) is 18.2 Å². The lowest BCUT2D eigenvalue weighted by Crippen LogP contribution is -2.47. The Morgan fingerprint density at radius 1 is 1.20 bits per heavy atom. The second-order valence-electron chi connectivity index (χ2n) is 4.98. The van der Waals surface area contributed by atoms with Crippen LogP contribution in [0.5, 0.6) is 0 Å². The van der Waals surface area contributed by atoms with Gasteiger partial charge in [0.2, 0.25) is 0 Å². The molecule has 2 rings (SSSR count). The van der Waals surface area contributed by atoms with Crippen molar-refractivity contribution in [2.24, 2.45) is 5.73 Å². The Hall–Kier alpha value is -2.06. The predicted molar refractivity (Wildman–Crippen MR) is 70.4 cm³/mol. The highest BCUT2D eigenvalue weighted by Crippen LogP contribution is 2.30. The largest absolute Gasteiger partial charge is 0.381 e. The quantitative estimate of drug-likeness (QED) is 0.660. The van der Waals surface area contributed by atoms with Gasteiger partial charge < -0.3 is 10.5 Å². The maximum atomic E-state index is 11.1. The molecule has 0 aromatic heterocycles. The Morgan fingerprint density at radius 2 is 1.85 bits per heavy atom. The van der Waals surface area contributed by atoms with Crippen LogP contribution in [0.4, 0.5) is 11.4 Å². The molecular weight excluding hydrogens is 266 g/mol. The van der Waals surface area contributed by atoms with E-state index in [0.29, 0.717) is 38.0 Å². The first-order valence-electron chi connectivity index (χ1n) is 6.20. The fourth-order valence-corrected chi connectivity index (χ4v) is 2.32. The summed E-state index contributed by atoms with van der Waals surface area (Å²) in [5.41, 5.74) is 5.54. The zero-order chi connectivity index (χ0) is 14.8. The molecule has 1 aromatic carbocycles.